The Hall–Kier alpha value is -1.93. The molecule has 0 unspecified atom stereocenters. The molecule has 0 atom stereocenters. The number of amides is 1. The fraction of sp³-hybridized carbons (Fsp3) is 0.522. The minimum Gasteiger partial charge on any atom is -0.511 e. The van der Waals surface area contributed by atoms with Gasteiger partial charge in [-0.05, 0) is 23.6 Å². The number of aliphatic hydroxyl groups is 1. The van der Waals surface area contributed by atoms with Gasteiger partial charge < -0.3 is 10.4 Å². The molecule has 1 aliphatic carbocycles. The van der Waals surface area contributed by atoms with Crippen molar-refractivity contribution in [2.45, 2.75) is 26.7 Å². The minimum atomic E-state index is -0.198. The molecule has 1 amide bonds. The second kappa shape index (κ2) is 10.8. The summed E-state index contributed by atoms with van der Waals surface area (Å²) >= 11 is 11.9. The van der Waals surface area contributed by atoms with E-state index in [2.05, 4.69) is 20.1 Å². The largest absolute Gasteiger partial charge is 0.511 e. The summed E-state index contributed by atoms with van der Waals surface area (Å²) in [5.41, 5.74) is 0.738. The number of anilines is 1. The van der Waals surface area contributed by atoms with Crippen LogP contribution in [0.25, 0.3) is 0 Å². The van der Waals surface area contributed by atoms with E-state index in [-0.39, 0.29) is 22.9 Å². The van der Waals surface area contributed by atoms with E-state index in [9.17, 15) is 14.7 Å². The van der Waals surface area contributed by atoms with E-state index >= 15 is 0 Å². The van der Waals surface area contributed by atoms with Crippen molar-refractivity contribution in [1.82, 2.24) is 9.80 Å². The van der Waals surface area contributed by atoms with Gasteiger partial charge in [0.25, 0.3) is 0 Å². The second-order valence-corrected chi connectivity index (χ2v) is 10.0. The van der Waals surface area contributed by atoms with Gasteiger partial charge in [-0.25, -0.2) is 0 Å². The standard InChI is InChI=1S/C23H30Cl2N4O3/c1-23(2)12-20(30)19(21(31)13-23)14-26-3-4-28-5-7-29(8-6-28)15-22(32)27-18-10-16(24)9-17(25)11-18/h9-11,14,30H,3-8,12-13,15H2,1-2H3,(H,27,32). The molecule has 0 spiro atoms. The molecule has 2 N–H and O–H groups in total. The van der Waals surface area contributed by atoms with Gasteiger partial charge in [-0.15, -0.1) is 0 Å². The van der Waals surface area contributed by atoms with Crippen LogP contribution in [0, 0.1) is 5.41 Å². The van der Waals surface area contributed by atoms with Crippen molar-refractivity contribution in [1.29, 1.82) is 0 Å². The summed E-state index contributed by atoms with van der Waals surface area (Å²) in [6, 6.07) is 4.96. The molecule has 0 aromatic heterocycles. The first kappa shape index (κ1) is 24.7. The Balaban J connectivity index is 1.38. The second-order valence-electron chi connectivity index (χ2n) is 9.16. The topological polar surface area (TPSA) is 85.2 Å². The summed E-state index contributed by atoms with van der Waals surface area (Å²) in [6.45, 7) is 8.84. The number of aliphatic hydroxyl groups excluding tert-OH is 1. The maximum atomic E-state index is 12.3. The first-order valence-electron chi connectivity index (χ1n) is 10.8. The van der Waals surface area contributed by atoms with E-state index < -0.39 is 0 Å². The van der Waals surface area contributed by atoms with Gasteiger partial charge in [0.2, 0.25) is 5.91 Å². The zero-order valence-electron chi connectivity index (χ0n) is 18.5. The Morgan fingerprint density at radius 2 is 1.75 bits per heavy atom. The van der Waals surface area contributed by atoms with Crippen molar-refractivity contribution < 1.29 is 14.7 Å². The van der Waals surface area contributed by atoms with Gasteiger partial charge in [0, 0.05) is 67.5 Å². The van der Waals surface area contributed by atoms with Gasteiger partial charge in [0.15, 0.2) is 5.78 Å². The van der Waals surface area contributed by atoms with E-state index in [0.29, 0.717) is 47.2 Å². The number of carbonyl (C=O) groups is 2. The van der Waals surface area contributed by atoms with Gasteiger partial charge in [0.05, 0.1) is 18.7 Å². The first-order valence-corrected chi connectivity index (χ1v) is 11.5. The van der Waals surface area contributed by atoms with Gasteiger partial charge in [-0.3, -0.25) is 24.4 Å². The van der Waals surface area contributed by atoms with Crippen LogP contribution in [0.4, 0.5) is 5.69 Å². The van der Waals surface area contributed by atoms with Crippen molar-refractivity contribution in [3.63, 3.8) is 0 Å². The molecule has 0 bridgehead atoms. The lowest BCUT2D eigenvalue weighted by Gasteiger charge is -2.33. The summed E-state index contributed by atoms with van der Waals surface area (Å²) in [7, 11) is 0. The lowest BCUT2D eigenvalue weighted by atomic mass is 9.77. The molecule has 2 aliphatic rings. The molecule has 1 saturated heterocycles. The number of allylic oxidation sites excluding steroid dienone is 2. The predicted molar refractivity (Wildman–Crippen MR) is 129 cm³/mol. The van der Waals surface area contributed by atoms with Crippen LogP contribution in [0.1, 0.15) is 26.7 Å². The number of Topliss-reactive ketones (excluding diaryl/α,β-unsaturated/α-hetero) is 1. The van der Waals surface area contributed by atoms with Gasteiger partial charge in [0.1, 0.15) is 5.76 Å². The molecular weight excluding hydrogens is 451 g/mol. The third-order valence-corrected chi connectivity index (χ3v) is 6.08. The monoisotopic (exact) mass is 480 g/mol. The minimum absolute atomic E-state index is 0.0468. The van der Waals surface area contributed by atoms with E-state index in [1.54, 1.807) is 18.2 Å². The summed E-state index contributed by atoms with van der Waals surface area (Å²) in [6.07, 6.45) is 2.45. The third-order valence-electron chi connectivity index (χ3n) is 5.64. The number of hydrogen-bond acceptors (Lipinski definition) is 6. The van der Waals surface area contributed by atoms with Crippen LogP contribution in [-0.4, -0.2) is 78.6 Å². The van der Waals surface area contributed by atoms with Crippen molar-refractivity contribution in [3.8, 4) is 0 Å². The van der Waals surface area contributed by atoms with Gasteiger partial charge in [-0.2, -0.15) is 0 Å². The number of hydrogen-bond donors (Lipinski definition) is 2. The van der Waals surface area contributed by atoms with Crippen LogP contribution in [0.2, 0.25) is 10.0 Å². The van der Waals surface area contributed by atoms with Crippen LogP contribution < -0.4 is 5.32 Å². The molecule has 0 saturated carbocycles. The third kappa shape index (κ3) is 7.30. The lowest BCUT2D eigenvalue weighted by molar-refractivity contribution is -0.118. The molecular formula is C23H30Cl2N4O3. The predicted octanol–water partition coefficient (Wildman–Crippen LogP) is 3.82. The van der Waals surface area contributed by atoms with Crippen molar-refractivity contribution in [3.05, 3.63) is 39.6 Å². The Labute approximate surface area is 199 Å². The highest BCUT2D eigenvalue weighted by Gasteiger charge is 2.32. The first-order chi connectivity index (χ1) is 15.1. The van der Waals surface area contributed by atoms with Crippen LogP contribution >= 0.6 is 23.2 Å². The van der Waals surface area contributed by atoms with Gasteiger partial charge in [-0.1, -0.05) is 37.0 Å². The highest BCUT2D eigenvalue weighted by molar-refractivity contribution is 6.35. The smallest absolute Gasteiger partial charge is 0.238 e. The molecule has 1 aromatic carbocycles. The molecule has 3 rings (SSSR count). The number of aliphatic imine (C=N–C) groups is 1. The number of carbonyl (C=O) groups excluding carboxylic acids is 2. The summed E-state index contributed by atoms with van der Waals surface area (Å²) < 4.78 is 0. The quantitative estimate of drug-likeness (QED) is 0.579. The fourth-order valence-corrected chi connectivity index (χ4v) is 4.53. The molecule has 7 nitrogen and oxygen atoms in total. The molecule has 32 heavy (non-hydrogen) atoms. The molecule has 174 valence electrons. The van der Waals surface area contributed by atoms with Crippen molar-refractivity contribution >= 4 is 46.8 Å². The van der Waals surface area contributed by atoms with Gasteiger partial charge >= 0.3 is 0 Å². The average molecular weight is 481 g/mol. The number of halogens is 2. The van der Waals surface area contributed by atoms with Crippen LogP contribution in [0.3, 0.4) is 0 Å². The van der Waals surface area contributed by atoms with Crippen molar-refractivity contribution in [2.75, 3.05) is 51.1 Å². The zero-order chi connectivity index (χ0) is 23.3. The Morgan fingerprint density at radius 1 is 1.12 bits per heavy atom. The lowest BCUT2D eigenvalue weighted by Crippen LogP contribution is -2.49. The van der Waals surface area contributed by atoms with Crippen LogP contribution in [0.5, 0.6) is 0 Å². The van der Waals surface area contributed by atoms with Crippen LogP contribution in [-0.2, 0) is 9.59 Å². The molecule has 1 heterocycles. The number of piperazine rings is 1. The SMILES string of the molecule is CC1(C)CC(=O)C(C=NCCN2CCN(CC(=O)Nc3cc(Cl)cc(Cl)c3)CC2)=C(O)C1. The summed E-state index contributed by atoms with van der Waals surface area (Å²) in [5, 5.41) is 13.9. The van der Waals surface area contributed by atoms with E-state index in [4.69, 9.17) is 23.2 Å². The Morgan fingerprint density at radius 3 is 2.38 bits per heavy atom. The maximum Gasteiger partial charge on any atom is 0.238 e. The summed E-state index contributed by atoms with van der Waals surface area (Å²) in [4.78, 5) is 33.3. The number of nitrogens with zero attached hydrogens (tertiary/aromatic N) is 3. The summed E-state index contributed by atoms with van der Waals surface area (Å²) in [5.74, 6) is -0.00818. The number of rotatable bonds is 7. The number of nitrogens with one attached hydrogen (secondary N) is 1. The van der Waals surface area contributed by atoms with E-state index in [1.807, 2.05) is 13.8 Å². The normalized spacial score (nSPS) is 20.2. The highest BCUT2D eigenvalue weighted by atomic mass is 35.5. The van der Waals surface area contributed by atoms with Crippen molar-refractivity contribution in [2.24, 2.45) is 10.4 Å². The molecule has 0 radical (unpaired) electrons. The highest BCUT2D eigenvalue weighted by Crippen LogP contribution is 2.35. The van der Waals surface area contributed by atoms with Crippen LogP contribution in [0.15, 0.2) is 34.5 Å². The zero-order valence-corrected chi connectivity index (χ0v) is 20.0. The molecule has 9 heteroatoms. The molecule has 1 aliphatic heterocycles. The number of benzene rings is 1. The molecule has 1 aromatic rings. The average Bonchev–Trinajstić information content (AvgIpc) is 2.66. The van der Waals surface area contributed by atoms with E-state index in [1.165, 1.54) is 6.21 Å². The molecule has 1 fully saturated rings. The maximum absolute atomic E-state index is 12.3. The Kier molecular flexibility index (Phi) is 8.33. The fourth-order valence-electron chi connectivity index (χ4n) is 4.00. The Bertz CT molecular complexity index is 902. The van der Waals surface area contributed by atoms with E-state index in [0.717, 1.165) is 32.7 Å². The number of ketones is 1.